The topological polar surface area (TPSA) is 57.7 Å². The fourth-order valence-corrected chi connectivity index (χ4v) is 1.36. The van der Waals surface area contributed by atoms with Crippen molar-refractivity contribution in [2.75, 3.05) is 13.7 Å². The van der Waals surface area contributed by atoms with Crippen molar-refractivity contribution in [2.45, 2.75) is 19.7 Å². The van der Waals surface area contributed by atoms with E-state index in [1.165, 1.54) is 6.92 Å². The molecule has 1 rings (SSSR count). The van der Waals surface area contributed by atoms with E-state index >= 15 is 0 Å². The molecule has 5 nitrogen and oxygen atoms in total. The fourth-order valence-electron chi connectivity index (χ4n) is 1.36. The molecule has 0 aromatic carbocycles. The lowest BCUT2D eigenvalue weighted by Gasteiger charge is -2.15. The third kappa shape index (κ3) is 4.43. The van der Waals surface area contributed by atoms with Gasteiger partial charge in [-0.15, -0.1) is 13.2 Å². The number of hydrogen-bond donors (Lipinski definition) is 0. The van der Waals surface area contributed by atoms with E-state index in [1.54, 1.807) is 0 Å². The molecule has 0 aliphatic carbocycles. The van der Waals surface area contributed by atoms with Crippen molar-refractivity contribution < 1.29 is 41.0 Å². The summed E-state index contributed by atoms with van der Waals surface area (Å²) in [6, 6.07) is 0.508. The summed E-state index contributed by atoms with van der Waals surface area (Å²) < 4.78 is 74.7. The summed E-state index contributed by atoms with van der Waals surface area (Å²) in [4.78, 5) is 14.7. The Kier molecular flexibility index (Phi) is 5.28. The van der Waals surface area contributed by atoms with Crippen molar-refractivity contribution in [1.29, 1.82) is 0 Å². The number of alkyl halides is 5. The van der Waals surface area contributed by atoms with Crippen LogP contribution in [0, 0.1) is 0 Å². The molecule has 10 heteroatoms. The van der Waals surface area contributed by atoms with E-state index in [2.05, 4.69) is 19.2 Å². The minimum absolute atomic E-state index is 0.0749. The van der Waals surface area contributed by atoms with Crippen molar-refractivity contribution in [1.82, 2.24) is 4.98 Å². The molecular formula is C11H10F5NO4. The number of pyridine rings is 1. The lowest BCUT2D eigenvalue weighted by Crippen LogP contribution is -2.20. The van der Waals surface area contributed by atoms with Gasteiger partial charge < -0.3 is 14.2 Å². The van der Waals surface area contributed by atoms with Crippen molar-refractivity contribution >= 4 is 5.97 Å². The Hall–Kier alpha value is -2.13. The van der Waals surface area contributed by atoms with Crippen molar-refractivity contribution in [2.24, 2.45) is 0 Å². The first-order chi connectivity index (χ1) is 9.69. The van der Waals surface area contributed by atoms with Crippen molar-refractivity contribution in [3.63, 3.8) is 0 Å². The number of nitrogens with zero attached hydrogens (tertiary/aromatic N) is 1. The zero-order chi connectivity index (χ0) is 16.2. The molecule has 0 unspecified atom stereocenters. The molecule has 0 radical (unpaired) electrons. The third-order valence-corrected chi connectivity index (χ3v) is 2.10. The number of methoxy groups -OCH3 is 1. The monoisotopic (exact) mass is 315 g/mol. The summed E-state index contributed by atoms with van der Waals surface area (Å²) in [6.07, 6.45) is -8.58. The number of hydrogen-bond acceptors (Lipinski definition) is 5. The number of rotatable bonds is 5. The molecule has 0 fully saturated rings. The zero-order valence-electron chi connectivity index (χ0n) is 10.8. The standard InChI is InChI=1S/C11H10F5NO4/c1-3-20-10(18)8-5(19-2)4-6(21-11(14,15)16)7(17-8)9(12)13/h4,9H,3H2,1-2H3. The second kappa shape index (κ2) is 6.55. The van der Waals surface area contributed by atoms with Gasteiger partial charge in [0.25, 0.3) is 6.43 Å². The largest absolute Gasteiger partial charge is 0.573 e. The summed E-state index contributed by atoms with van der Waals surface area (Å²) in [7, 11) is 1.03. The highest BCUT2D eigenvalue weighted by molar-refractivity contribution is 5.90. The summed E-state index contributed by atoms with van der Waals surface area (Å²) in [5.41, 5.74) is -2.00. The lowest BCUT2D eigenvalue weighted by molar-refractivity contribution is -0.275. The van der Waals surface area contributed by atoms with Crippen LogP contribution in [0.2, 0.25) is 0 Å². The van der Waals surface area contributed by atoms with Crippen LogP contribution in [0.25, 0.3) is 0 Å². The van der Waals surface area contributed by atoms with Gasteiger partial charge in [0.05, 0.1) is 13.7 Å². The zero-order valence-corrected chi connectivity index (χ0v) is 10.8. The van der Waals surface area contributed by atoms with E-state index in [1.807, 2.05) is 0 Å². The molecule has 0 amide bonds. The van der Waals surface area contributed by atoms with Gasteiger partial charge >= 0.3 is 12.3 Å². The molecule has 0 saturated carbocycles. The molecule has 21 heavy (non-hydrogen) atoms. The smallest absolute Gasteiger partial charge is 0.494 e. The Morgan fingerprint density at radius 2 is 1.95 bits per heavy atom. The Morgan fingerprint density at radius 3 is 2.38 bits per heavy atom. The first-order valence-electron chi connectivity index (χ1n) is 5.49. The Bertz CT molecular complexity index is 518. The number of ether oxygens (including phenoxy) is 3. The highest BCUT2D eigenvalue weighted by atomic mass is 19.4. The van der Waals surface area contributed by atoms with Crippen LogP contribution in [0.5, 0.6) is 11.5 Å². The first-order valence-corrected chi connectivity index (χ1v) is 5.49. The molecule has 1 heterocycles. The maximum Gasteiger partial charge on any atom is 0.573 e. The minimum atomic E-state index is -5.19. The van der Waals surface area contributed by atoms with Gasteiger partial charge in [-0.1, -0.05) is 0 Å². The predicted molar refractivity (Wildman–Crippen MR) is 58.4 cm³/mol. The summed E-state index contributed by atoms with van der Waals surface area (Å²) in [6.45, 7) is 1.38. The number of carbonyl (C=O) groups excluding carboxylic acids is 1. The number of carbonyl (C=O) groups is 1. The van der Waals surface area contributed by atoms with Gasteiger partial charge in [-0.3, -0.25) is 0 Å². The molecule has 0 atom stereocenters. The Morgan fingerprint density at radius 1 is 1.33 bits per heavy atom. The maximum absolute atomic E-state index is 12.8. The van der Waals surface area contributed by atoms with Crippen LogP contribution in [0.4, 0.5) is 22.0 Å². The van der Waals surface area contributed by atoms with E-state index in [0.29, 0.717) is 6.07 Å². The van der Waals surface area contributed by atoms with Crippen LogP contribution >= 0.6 is 0 Å². The van der Waals surface area contributed by atoms with Crippen molar-refractivity contribution in [3.05, 3.63) is 17.5 Å². The molecule has 118 valence electrons. The predicted octanol–water partition coefficient (Wildman–Crippen LogP) is 3.10. The fraction of sp³-hybridized carbons (Fsp3) is 0.455. The summed E-state index contributed by atoms with van der Waals surface area (Å²) in [5, 5.41) is 0. The first kappa shape index (κ1) is 16.9. The SMILES string of the molecule is CCOC(=O)c1nc(C(F)F)c(OC(F)(F)F)cc1OC. The van der Waals surface area contributed by atoms with Gasteiger partial charge in [-0.25, -0.2) is 18.6 Å². The molecule has 1 aromatic rings. The normalized spacial score (nSPS) is 11.4. The molecule has 0 aliphatic heterocycles. The highest BCUT2D eigenvalue weighted by Crippen LogP contribution is 2.35. The second-order valence-electron chi connectivity index (χ2n) is 3.49. The number of halogens is 5. The molecule has 1 aromatic heterocycles. The van der Waals surface area contributed by atoms with Gasteiger partial charge in [-0.2, -0.15) is 0 Å². The van der Waals surface area contributed by atoms with Crippen LogP contribution in [-0.2, 0) is 4.74 Å². The summed E-state index contributed by atoms with van der Waals surface area (Å²) in [5.74, 6) is -2.82. The van der Waals surface area contributed by atoms with Crippen molar-refractivity contribution in [3.8, 4) is 11.5 Å². The molecule has 0 aliphatic rings. The van der Waals surface area contributed by atoms with E-state index < -0.39 is 41.6 Å². The van der Waals surface area contributed by atoms with E-state index in [9.17, 15) is 26.7 Å². The van der Waals surface area contributed by atoms with Crippen LogP contribution in [0.3, 0.4) is 0 Å². The maximum atomic E-state index is 12.8. The average Bonchev–Trinajstić information content (AvgIpc) is 2.36. The quantitative estimate of drug-likeness (QED) is 0.617. The molecule has 0 saturated heterocycles. The number of esters is 1. The average molecular weight is 315 g/mol. The minimum Gasteiger partial charge on any atom is -0.494 e. The third-order valence-electron chi connectivity index (χ3n) is 2.10. The van der Waals surface area contributed by atoms with Gasteiger partial charge in [0.2, 0.25) is 0 Å². The van der Waals surface area contributed by atoms with Crippen LogP contribution in [0.1, 0.15) is 29.5 Å². The van der Waals surface area contributed by atoms with Gasteiger partial charge in [0.15, 0.2) is 17.2 Å². The van der Waals surface area contributed by atoms with Gasteiger partial charge in [0, 0.05) is 6.07 Å². The van der Waals surface area contributed by atoms with E-state index in [-0.39, 0.29) is 6.61 Å². The molecule has 0 bridgehead atoms. The van der Waals surface area contributed by atoms with Crippen LogP contribution in [0.15, 0.2) is 6.07 Å². The Balaban J connectivity index is 3.37. The molecule has 0 spiro atoms. The van der Waals surface area contributed by atoms with Crippen LogP contribution < -0.4 is 9.47 Å². The molecule has 0 N–H and O–H groups in total. The van der Waals surface area contributed by atoms with E-state index in [0.717, 1.165) is 7.11 Å². The summed E-state index contributed by atoms with van der Waals surface area (Å²) >= 11 is 0. The lowest BCUT2D eigenvalue weighted by atomic mass is 10.2. The van der Waals surface area contributed by atoms with Gasteiger partial charge in [0.1, 0.15) is 5.69 Å². The highest BCUT2D eigenvalue weighted by Gasteiger charge is 2.35. The van der Waals surface area contributed by atoms with Crippen LogP contribution in [-0.4, -0.2) is 31.0 Å². The number of aromatic nitrogens is 1. The Labute approximate surface area is 115 Å². The second-order valence-corrected chi connectivity index (χ2v) is 3.49. The van der Waals surface area contributed by atoms with Gasteiger partial charge in [-0.05, 0) is 6.92 Å². The molecular weight excluding hydrogens is 305 g/mol. The van der Waals surface area contributed by atoms with E-state index in [4.69, 9.17) is 0 Å².